The van der Waals surface area contributed by atoms with Gasteiger partial charge in [-0.05, 0) is 79.9 Å². The SMILES string of the molecule is COc1cc([C@@H]2C[C@H]2NC(=O)C2(N)C3CC4CC(C3)CC2C4)ccc1F. The molecule has 5 aliphatic rings. The summed E-state index contributed by atoms with van der Waals surface area (Å²) in [5.74, 6) is 2.47. The van der Waals surface area contributed by atoms with Crippen LogP contribution >= 0.6 is 0 Å². The van der Waals surface area contributed by atoms with Crippen LogP contribution in [0.2, 0.25) is 0 Å². The lowest BCUT2D eigenvalue weighted by Crippen LogP contribution is -2.69. The highest BCUT2D eigenvalue weighted by Crippen LogP contribution is 2.57. The van der Waals surface area contributed by atoms with E-state index in [2.05, 4.69) is 5.32 Å². The summed E-state index contributed by atoms with van der Waals surface area (Å²) in [6, 6.07) is 5.08. The van der Waals surface area contributed by atoms with E-state index in [-0.39, 0.29) is 29.4 Å². The molecule has 1 aromatic rings. The monoisotopic (exact) mass is 358 g/mol. The van der Waals surface area contributed by atoms with Gasteiger partial charge < -0.3 is 15.8 Å². The highest BCUT2D eigenvalue weighted by molar-refractivity contribution is 5.88. The Balaban J connectivity index is 1.28. The van der Waals surface area contributed by atoms with Crippen molar-refractivity contribution >= 4 is 5.91 Å². The Bertz CT molecular complexity index is 722. The second kappa shape index (κ2) is 5.69. The van der Waals surface area contributed by atoms with E-state index in [1.54, 1.807) is 12.1 Å². The fraction of sp³-hybridized carbons (Fsp3) is 0.667. The van der Waals surface area contributed by atoms with E-state index in [4.69, 9.17) is 10.5 Å². The van der Waals surface area contributed by atoms with E-state index in [0.717, 1.165) is 49.5 Å². The van der Waals surface area contributed by atoms with Crippen molar-refractivity contribution in [2.75, 3.05) is 7.11 Å². The third kappa shape index (κ3) is 2.39. The van der Waals surface area contributed by atoms with Gasteiger partial charge in [-0.15, -0.1) is 0 Å². The van der Waals surface area contributed by atoms with E-state index >= 15 is 0 Å². The first-order valence-electron chi connectivity index (χ1n) is 9.92. The van der Waals surface area contributed by atoms with E-state index < -0.39 is 5.54 Å². The molecule has 0 unspecified atom stereocenters. The molecule has 1 aromatic carbocycles. The van der Waals surface area contributed by atoms with Crippen LogP contribution in [-0.2, 0) is 4.79 Å². The minimum Gasteiger partial charge on any atom is -0.494 e. The molecule has 5 aliphatic carbocycles. The van der Waals surface area contributed by atoms with Crippen molar-refractivity contribution in [3.8, 4) is 5.75 Å². The van der Waals surface area contributed by atoms with Crippen molar-refractivity contribution in [2.24, 2.45) is 29.4 Å². The lowest BCUT2D eigenvalue weighted by atomic mass is 9.48. The second-order valence-corrected chi connectivity index (χ2v) is 9.05. The maximum absolute atomic E-state index is 13.6. The third-order valence-electron chi connectivity index (χ3n) is 7.59. The Labute approximate surface area is 153 Å². The molecule has 5 fully saturated rings. The summed E-state index contributed by atoms with van der Waals surface area (Å²) in [6.45, 7) is 0. The molecule has 1 amide bonds. The number of hydrogen-bond acceptors (Lipinski definition) is 3. The lowest BCUT2D eigenvalue weighted by Gasteiger charge is -2.58. The molecule has 0 saturated heterocycles. The van der Waals surface area contributed by atoms with Gasteiger partial charge in [0, 0.05) is 12.0 Å². The molecular weight excluding hydrogens is 331 g/mol. The fourth-order valence-electron chi connectivity index (χ4n) is 6.26. The zero-order valence-corrected chi connectivity index (χ0v) is 15.2. The van der Waals surface area contributed by atoms with Gasteiger partial charge in [0.15, 0.2) is 11.6 Å². The predicted octanol–water partition coefficient (Wildman–Crippen LogP) is 2.96. The minimum atomic E-state index is -0.680. The summed E-state index contributed by atoms with van der Waals surface area (Å²) >= 11 is 0. The Morgan fingerprint density at radius 2 is 1.81 bits per heavy atom. The molecule has 5 heteroatoms. The normalized spacial score (nSPS) is 42.6. The standard InChI is InChI=1S/C21H27FN2O2/c1-26-19-9-13(2-3-17(19)22)16-10-18(16)24-20(25)21(23)14-5-11-4-12(7-14)8-15(21)6-11/h2-3,9,11-12,14-16,18H,4-8,10,23H2,1H3,(H,24,25)/t11?,12?,14?,15?,16-,18+,21?/m0/s1. The zero-order chi connectivity index (χ0) is 18.1. The van der Waals surface area contributed by atoms with Crippen LogP contribution in [-0.4, -0.2) is 24.6 Å². The lowest BCUT2D eigenvalue weighted by molar-refractivity contribution is -0.142. The molecule has 6 rings (SSSR count). The average molecular weight is 358 g/mol. The number of carbonyl (C=O) groups is 1. The number of nitrogens with one attached hydrogen (secondary N) is 1. The van der Waals surface area contributed by atoms with Crippen LogP contribution < -0.4 is 15.8 Å². The average Bonchev–Trinajstić information content (AvgIpc) is 3.38. The van der Waals surface area contributed by atoms with Gasteiger partial charge in [0.1, 0.15) is 5.54 Å². The molecule has 140 valence electrons. The molecule has 5 saturated carbocycles. The zero-order valence-electron chi connectivity index (χ0n) is 15.2. The fourth-order valence-corrected chi connectivity index (χ4v) is 6.26. The molecule has 0 aliphatic heterocycles. The molecule has 3 N–H and O–H groups in total. The minimum absolute atomic E-state index is 0.0490. The molecule has 2 atom stereocenters. The molecule has 0 spiro atoms. The topological polar surface area (TPSA) is 64.3 Å². The quantitative estimate of drug-likeness (QED) is 0.870. The second-order valence-electron chi connectivity index (χ2n) is 9.05. The number of methoxy groups -OCH3 is 1. The van der Waals surface area contributed by atoms with Crippen molar-refractivity contribution in [3.05, 3.63) is 29.6 Å². The summed E-state index contributed by atoms with van der Waals surface area (Å²) in [7, 11) is 1.47. The molecule has 4 nitrogen and oxygen atoms in total. The molecule has 0 aromatic heterocycles. The molecule has 0 heterocycles. The first-order chi connectivity index (χ1) is 12.5. The molecule has 26 heavy (non-hydrogen) atoms. The van der Waals surface area contributed by atoms with Gasteiger partial charge in [-0.1, -0.05) is 6.07 Å². The number of hydrogen-bond donors (Lipinski definition) is 2. The number of amides is 1. The Kier molecular flexibility index (Phi) is 3.62. The van der Waals surface area contributed by atoms with Crippen LogP contribution in [0.25, 0.3) is 0 Å². The number of halogens is 1. The highest BCUT2D eigenvalue weighted by atomic mass is 19.1. The number of rotatable bonds is 4. The van der Waals surface area contributed by atoms with Crippen molar-refractivity contribution in [2.45, 2.75) is 56.0 Å². The van der Waals surface area contributed by atoms with E-state index in [1.165, 1.54) is 19.6 Å². The van der Waals surface area contributed by atoms with Crippen LogP contribution in [0.4, 0.5) is 4.39 Å². The summed E-state index contributed by atoms with van der Waals surface area (Å²) in [6.07, 6.45) is 6.74. The van der Waals surface area contributed by atoms with Crippen molar-refractivity contribution in [1.29, 1.82) is 0 Å². The number of ether oxygens (including phenoxy) is 1. The van der Waals surface area contributed by atoms with Crippen LogP contribution in [0.3, 0.4) is 0 Å². The van der Waals surface area contributed by atoms with Crippen LogP contribution in [0, 0.1) is 29.5 Å². The summed E-state index contributed by atoms with van der Waals surface area (Å²) in [5, 5.41) is 3.22. The first kappa shape index (κ1) is 16.5. The Morgan fingerprint density at radius 3 is 2.42 bits per heavy atom. The van der Waals surface area contributed by atoms with Gasteiger partial charge in [-0.25, -0.2) is 4.39 Å². The largest absolute Gasteiger partial charge is 0.494 e. The van der Waals surface area contributed by atoms with Crippen molar-refractivity contribution in [1.82, 2.24) is 5.32 Å². The van der Waals surface area contributed by atoms with Gasteiger partial charge in [-0.3, -0.25) is 4.79 Å². The number of nitrogens with two attached hydrogens (primary N) is 1. The number of benzene rings is 1. The van der Waals surface area contributed by atoms with Gasteiger partial charge in [0.25, 0.3) is 0 Å². The van der Waals surface area contributed by atoms with E-state index in [0.29, 0.717) is 11.8 Å². The van der Waals surface area contributed by atoms with Crippen LogP contribution in [0.1, 0.15) is 50.0 Å². The summed E-state index contributed by atoms with van der Waals surface area (Å²) in [4.78, 5) is 13.1. The Morgan fingerprint density at radius 1 is 1.15 bits per heavy atom. The smallest absolute Gasteiger partial charge is 0.240 e. The van der Waals surface area contributed by atoms with Gasteiger partial charge >= 0.3 is 0 Å². The van der Waals surface area contributed by atoms with Crippen molar-refractivity contribution < 1.29 is 13.9 Å². The molecular formula is C21H27FN2O2. The van der Waals surface area contributed by atoms with Gasteiger partial charge in [0.2, 0.25) is 5.91 Å². The molecule has 4 bridgehead atoms. The summed E-state index contributed by atoms with van der Waals surface area (Å²) in [5.41, 5.74) is 7.12. The van der Waals surface area contributed by atoms with Gasteiger partial charge in [0.05, 0.1) is 7.11 Å². The van der Waals surface area contributed by atoms with Crippen LogP contribution in [0.15, 0.2) is 18.2 Å². The predicted molar refractivity (Wildman–Crippen MR) is 96.2 cm³/mol. The maximum Gasteiger partial charge on any atom is 0.240 e. The highest BCUT2D eigenvalue weighted by Gasteiger charge is 2.59. The molecule has 0 radical (unpaired) electrons. The Hall–Kier alpha value is -1.62. The van der Waals surface area contributed by atoms with Gasteiger partial charge in [-0.2, -0.15) is 0 Å². The summed E-state index contributed by atoms with van der Waals surface area (Å²) < 4.78 is 18.7. The van der Waals surface area contributed by atoms with E-state index in [1.807, 2.05) is 0 Å². The first-order valence-corrected chi connectivity index (χ1v) is 9.92. The van der Waals surface area contributed by atoms with E-state index in [9.17, 15) is 9.18 Å². The van der Waals surface area contributed by atoms with Crippen molar-refractivity contribution in [3.63, 3.8) is 0 Å². The maximum atomic E-state index is 13.6. The van der Waals surface area contributed by atoms with Crippen LogP contribution in [0.5, 0.6) is 5.75 Å². The number of carbonyl (C=O) groups excluding carboxylic acids is 1. The third-order valence-corrected chi connectivity index (χ3v) is 7.59.